The Bertz CT molecular complexity index is 1080. The molecule has 0 saturated heterocycles. The lowest BCUT2D eigenvalue weighted by atomic mass is 10.1. The number of hydrogen-bond donors (Lipinski definition) is 3. The van der Waals surface area contributed by atoms with Gasteiger partial charge in [0.1, 0.15) is 5.75 Å². The zero-order chi connectivity index (χ0) is 22.8. The topological polar surface area (TPSA) is 79.5 Å². The van der Waals surface area contributed by atoms with Crippen LogP contribution in [0.1, 0.15) is 21.5 Å². The van der Waals surface area contributed by atoms with Crippen molar-refractivity contribution in [1.82, 2.24) is 16.2 Å². The summed E-state index contributed by atoms with van der Waals surface area (Å²) in [6, 6.07) is 23.8. The molecule has 3 aromatic carbocycles. The molecular formula is C24H22ClN3O3S. The monoisotopic (exact) mass is 467 g/mol. The zero-order valence-corrected chi connectivity index (χ0v) is 18.7. The molecule has 6 nitrogen and oxygen atoms in total. The van der Waals surface area contributed by atoms with Crippen LogP contribution in [0.2, 0.25) is 5.02 Å². The molecule has 3 rings (SSSR count). The Morgan fingerprint density at radius 3 is 2.38 bits per heavy atom. The normalized spacial score (nSPS) is 10.2. The minimum absolute atomic E-state index is 0.0187. The third kappa shape index (κ3) is 7.68. The third-order valence-electron chi connectivity index (χ3n) is 4.42. The van der Waals surface area contributed by atoms with Crippen molar-refractivity contribution in [1.29, 1.82) is 0 Å². The summed E-state index contributed by atoms with van der Waals surface area (Å²) < 4.78 is 5.75. The fourth-order valence-electron chi connectivity index (χ4n) is 2.82. The third-order valence-corrected chi connectivity index (χ3v) is 4.88. The van der Waals surface area contributed by atoms with Crippen LogP contribution < -0.4 is 20.9 Å². The minimum atomic E-state index is -0.414. The number of carbonyl (C=O) groups excluding carboxylic acids is 2. The quantitative estimate of drug-likeness (QED) is 0.363. The van der Waals surface area contributed by atoms with E-state index in [1.54, 1.807) is 48.5 Å². The number of thiocarbonyl (C=S) groups is 1. The molecule has 0 aliphatic rings. The fourth-order valence-corrected chi connectivity index (χ4v) is 3.09. The van der Waals surface area contributed by atoms with E-state index in [2.05, 4.69) is 16.2 Å². The van der Waals surface area contributed by atoms with Crippen molar-refractivity contribution in [3.8, 4) is 5.75 Å². The first-order valence-electron chi connectivity index (χ1n) is 9.91. The van der Waals surface area contributed by atoms with Gasteiger partial charge in [-0.25, -0.2) is 0 Å². The maximum Gasteiger partial charge on any atom is 0.257 e. The molecule has 0 aromatic heterocycles. The van der Waals surface area contributed by atoms with Gasteiger partial charge in [0.2, 0.25) is 5.91 Å². The molecular weight excluding hydrogens is 446 g/mol. The highest BCUT2D eigenvalue weighted by Gasteiger charge is 2.10. The Morgan fingerprint density at radius 1 is 0.875 bits per heavy atom. The Morgan fingerprint density at radius 2 is 1.62 bits per heavy atom. The summed E-state index contributed by atoms with van der Waals surface area (Å²) in [5, 5.41) is 3.11. The summed E-state index contributed by atoms with van der Waals surface area (Å²) >= 11 is 10.9. The number of ether oxygens (including phenoxy) is 1. The van der Waals surface area contributed by atoms with Gasteiger partial charge < -0.3 is 4.74 Å². The Balaban J connectivity index is 1.43. The molecule has 0 aliphatic heterocycles. The second kappa shape index (κ2) is 11.8. The highest BCUT2D eigenvalue weighted by atomic mass is 35.5. The van der Waals surface area contributed by atoms with E-state index in [1.165, 1.54) is 5.56 Å². The van der Waals surface area contributed by atoms with E-state index >= 15 is 0 Å². The summed E-state index contributed by atoms with van der Waals surface area (Å²) in [4.78, 5) is 24.5. The van der Waals surface area contributed by atoms with Crippen LogP contribution in [0.15, 0.2) is 78.9 Å². The SMILES string of the molecule is O=C(Cc1ccc(Cl)cc1)NNC(=S)NC(=O)c1cccc(OCCc2ccccc2)c1. The number of benzene rings is 3. The van der Waals surface area contributed by atoms with Gasteiger partial charge in [0.05, 0.1) is 13.0 Å². The van der Waals surface area contributed by atoms with Crippen LogP contribution in [0.3, 0.4) is 0 Å². The predicted octanol–water partition coefficient (Wildman–Crippen LogP) is 3.84. The molecule has 0 radical (unpaired) electrons. The molecule has 8 heteroatoms. The summed E-state index contributed by atoms with van der Waals surface area (Å²) in [5.41, 5.74) is 7.34. The number of rotatable bonds is 7. The molecule has 0 spiro atoms. The van der Waals surface area contributed by atoms with E-state index in [1.807, 2.05) is 30.3 Å². The van der Waals surface area contributed by atoms with Crippen molar-refractivity contribution < 1.29 is 14.3 Å². The Hall–Kier alpha value is -3.42. The first-order valence-corrected chi connectivity index (χ1v) is 10.7. The predicted molar refractivity (Wildman–Crippen MR) is 129 cm³/mol. The molecule has 32 heavy (non-hydrogen) atoms. The lowest BCUT2D eigenvalue weighted by molar-refractivity contribution is -0.121. The average molecular weight is 468 g/mol. The van der Waals surface area contributed by atoms with Crippen LogP contribution in [0.4, 0.5) is 0 Å². The number of halogens is 1. The molecule has 0 heterocycles. The second-order valence-electron chi connectivity index (χ2n) is 6.87. The fraction of sp³-hybridized carbons (Fsp3) is 0.125. The minimum Gasteiger partial charge on any atom is -0.493 e. The van der Waals surface area contributed by atoms with Crippen LogP contribution in [0.5, 0.6) is 5.75 Å². The molecule has 0 fully saturated rings. The van der Waals surface area contributed by atoms with Crippen LogP contribution in [0, 0.1) is 0 Å². The standard InChI is InChI=1S/C24H22ClN3O3S/c25-20-11-9-18(10-12-20)15-22(29)27-28-24(32)26-23(30)19-7-4-8-21(16-19)31-14-13-17-5-2-1-3-6-17/h1-12,16H,13-15H2,(H,27,29)(H2,26,28,30,32). The first-order chi connectivity index (χ1) is 15.5. The van der Waals surface area contributed by atoms with Crippen molar-refractivity contribution in [2.24, 2.45) is 0 Å². The number of nitrogens with one attached hydrogen (secondary N) is 3. The number of carbonyl (C=O) groups is 2. The van der Waals surface area contributed by atoms with E-state index in [4.69, 9.17) is 28.6 Å². The Kier molecular flexibility index (Phi) is 8.60. The molecule has 0 saturated carbocycles. The van der Waals surface area contributed by atoms with E-state index in [9.17, 15) is 9.59 Å². The molecule has 3 N–H and O–H groups in total. The van der Waals surface area contributed by atoms with Crippen molar-refractivity contribution in [3.05, 3.63) is 101 Å². The summed E-state index contributed by atoms with van der Waals surface area (Å²) in [6.07, 6.45) is 0.907. The van der Waals surface area contributed by atoms with Gasteiger partial charge in [-0.3, -0.25) is 25.8 Å². The molecule has 0 aliphatic carbocycles. The van der Waals surface area contributed by atoms with Crippen LogP contribution in [-0.2, 0) is 17.6 Å². The van der Waals surface area contributed by atoms with Gasteiger partial charge in [0, 0.05) is 17.0 Å². The van der Waals surface area contributed by atoms with Gasteiger partial charge in [0.15, 0.2) is 5.11 Å². The number of hydrazine groups is 1. The molecule has 2 amide bonds. The van der Waals surface area contributed by atoms with Crippen LogP contribution in [-0.4, -0.2) is 23.5 Å². The van der Waals surface area contributed by atoms with Gasteiger partial charge in [-0.2, -0.15) is 0 Å². The average Bonchev–Trinajstić information content (AvgIpc) is 2.80. The molecule has 3 aromatic rings. The first kappa shape index (κ1) is 23.2. The van der Waals surface area contributed by atoms with Crippen LogP contribution in [0.25, 0.3) is 0 Å². The zero-order valence-electron chi connectivity index (χ0n) is 17.1. The molecule has 0 atom stereocenters. The van der Waals surface area contributed by atoms with E-state index in [-0.39, 0.29) is 17.4 Å². The van der Waals surface area contributed by atoms with E-state index in [0.717, 1.165) is 12.0 Å². The summed E-state index contributed by atoms with van der Waals surface area (Å²) in [5.74, 6) is -0.135. The summed E-state index contributed by atoms with van der Waals surface area (Å²) in [6.45, 7) is 0.495. The maximum absolute atomic E-state index is 12.5. The van der Waals surface area contributed by atoms with Gasteiger partial charge in [-0.1, -0.05) is 60.1 Å². The highest BCUT2D eigenvalue weighted by molar-refractivity contribution is 7.80. The van der Waals surface area contributed by atoms with Gasteiger partial charge in [0.25, 0.3) is 5.91 Å². The lowest BCUT2D eigenvalue weighted by Crippen LogP contribution is -2.48. The largest absolute Gasteiger partial charge is 0.493 e. The summed E-state index contributed by atoms with van der Waals surface area (Å²) in [7, 11) is 0. The molecule has 0 bridgehead atoms. The van der Waals surface area contributed by atoms with Crippen molar-refractivity contribution in [2.75, 3.05) is 6.61 Å². The van der Waals surface area contributed by atoms with E-state index < -0.39 is 5.91 Å². The number of hydrogen-bond acceptors (Lipinski definition) is 4. The van der Waals surface area contributed by atoms with Crippen molar-refractivity contribution >= 4 is 40.7 Å². The van der Waals surface area contributed by atoms with Crippen molar-refractivity contribution in [3.63, 3.8) is 0 Å². The molecule has 0 unspecified atom stereocenters. The van der Waals surface area contributed by atoms with Gasteiger partial charge in [-0.05, 0) is 53.7 Å². The number of amides is 2. The highest BCUT2D eigenvalue weighted by Crippen LogP contribution is 2.14. The van der Waals surface area contributed by atoms with E-state index in [0.29, 0.717) is 22.9 Å². The second-order valence-corrected chi connectivity index (χ2v) is 7.72. The van der Waals surface area contributed by atoms with Gasteiger partial charge in [-0.15, -0.1) is 0 Å². The van der Waals surface area contributed by atoms with Crippen LogP contribution >= 0.6 is 23.8 Å². The lowest BCUT2D eigenvalue weighted by Gasteiger charge is -2.12. The van der Waals surface area contributed by atoms with Gasteiger partial charge >= 0.3 is 0 Å². The smallest absolute Gasteiger partial charge is 0.257 e. The van der Waals surface area contributed by atoms with Crippen molar-refractivity contribution in [2.45, 2.75) is 12.8 Å². The maximum atomic E-state index is 12.5. The molecule has 164 valence electrons. The Labute approximate surface area is 196 Å².